The van der Waals surface area contributed by atoms with Gasteiger partial charge in [0.2, 0.25) is 0 Å². The van der Waals surface area contributed by atoms with Crippen molar-refractivity contribution in [1.29, 1.82) is 0 Å². The molecule has 0 rings (SSSR count). The van der Waals surface area contributed by atoms with Gasteiger partial charge in [0.1, 0.15) is 11.9 Å². The third-order valence-electron chi connectivity index (χ3n) is 4.35. The van der Waals surface area contributed by atoms with Crippen molar-refractivity contribution in [3.05, 3.63) is 0 Å². The summed E-state index contributed by atoms with van der Waals surface area (Å²) >= 11 is 13.0. The van der Waals surface area contributed by atoms with Gasteiger partial charge < -0.3 is 14.9 Å². The summed E-state index contributed by atoms with van der Waals surface area (Å²) in [5, 5.41) is 19.3. The van der Waals surface area contributed by atoms with Crippen molar-refractivity contribution in [3.63, 3.8) is 0 Å². The van der Waals surface area contributed by atoms with E-state index in [2.05, 4.69) is 0 Å². The molecule has 41 heavy (non-hydrogen) atoms. The normalized spacial score (nSPS) is 12.0. The van der Waals surface area contributed by atoms with Crippen molar-refractivity contribution in [2.75, 3.05) is 105 Å². The molecule has 0 aliphatic heterocycles. The molecule has 0 aliphatic rings. The molecule has 1 atom stereocenters. The molecule has 2 N–H and O–H groups in total. The first-order valence-electron chi connectivity index (χ1n) is 13.3. The predicted octanol–water partition coefficient (Wildman–Crippen LogP) is 4.99. The van der Waals surface area contributed by atoms with Gasteiger partial charge >= 0.3 is 5.97 Å². The van der Waals surface area contributed by atoms with Crippen LogP contribution in [0.5, 0.6) is 0 Å². The number of hydrogen-bond acceptors (Lipinski definition) is 16. The predicted molar refractivity (Wildman–Crippen MR) is 193 cm³/mol. The Morgan fingerprint density at radius 3 is 2.00 bits per heavy atom. The van der Waals surface area contributed by atoms with Gasteiger partial charge in [-0.2, -0.15) is 35.3 Å². The highest BCUT2D eigenvalue weighted by Gasteiger charge is 2.06. The average molecular weight is 751 g/mol. The topological polar surface area (TPSA) is 119 Å². The second-order valence-corrected chi connectivity index (χ2v) is 19.0. The Kier molecular flexibility index (Phi) is 38.1. The molecule has 0 aromatic rings. The lowest BCUT2D eigenvalue weighted by Crippen LogP contribution is -2.07. The van der Waals surface area contributed by atoms with Crippen LogP contribution in [0, 0.1) is 0 Å². The van der Waals surface area contributed by atoms with Gasteiger partial charge in [-0.05, 0) is 24.3 Å². The molecule has 244 valence electrons. The maximum Gasteiger partial charge on any atom is 0.307 e. The minimum absolute atomic E-state index is 0.169. The van der Waals surface area contributed by atoms with Gasteiger partial charge in [0.05, 0.1) is 26.2 Å². The molecule has 1 unspecified atom stereocenters. The average Bonchev–Trinajstić information content (AvgIpc) is 2.96. The van der Waals surface area contributed by atoms with Crippen LogP contribution in [0.3, 0.4) is 0 Å². The van der Waals surface area contributed by atoms with Gasteiger partial charge in [-0.25, -0.2) is 9.78 Å². The summed E-state index contributed by atoms with van der Waals surface area (Å²) in [4.78, 5) is 33.9. The van der Waals surface area contributed by atoms with E-state index >= 15 is 0 Å². The molecule has 0 bridgehead atoms. The standard InChI is InChI=1S/C24H46O8S9/c25-5-12-36-21-38-19-30-23(27)3-10-34-9-2-17-41(29)18-16-35-14-15-40-24(28)4-11-33-8-1-7-31-32-20-39-22-37-13-6-26/h25-26H,1-22H2. The Balaban J connectivity index is 3.33. The third kappa shape index (κ3) is 36.3. The molecule has 0 radical (unpaired) electrons. The number of aliphatic hydroxyl groups excluding tert-OH is 2. The lowest BCUT2D eigenvalue weighted by molar-refractivity contribution is -0.278. The van der Waals surface area contributed by atoms with Gasteiger partial charge in [0.25, 0.3) is 0 Å². The smallest absolute Gasteiger partial charge is 0.307 e. The van der Waals surface area contributed by atoms with E-state index in [-0.39, 0.29) is 24.3 Å². The Morgan fingerprint density at radius 1 is 0.610 bits per heavy atom. The molecular weight excluding hydrogens is 705 g/mol. The van der Waals surface area contributed by atoms with Crippen LogP contribution in [0.15, 0.2) is 0 Å². The summed E-state index contributed by atoms with van der Waals surface area (Å²) in [7, 11) is -0.818. The third-order valence-corrected chi connectivity index (χ3v) is 14.5. The number of ether oxygens (including phenoxy) is 1. The van der Waals surface area contributed by atoms with Gasteiger partial charge in [0, 0.05) is 79.2 Å². The Hall–Kier alpha value is 1.93. The highest BCUT2D eigenvalue weighted by molar-refractivity contribution is 8.16. The number of hydrogen-bond donors (Lipinski definition) is 2. The lowest BCUT2D eigenvalue weighted by Gasteiger charge is -2.05. The van der Waals surface area contributed by atoms with Crippen molar-refractivity contribution >= 4 is 116 Å². The van der Waals surface area contributed by atoms with Crippen LogP contribution in [-0.2, 0) is 34.9 Å². The zero-order chi connectivity index (χ0) is 30.1. The van der Waals surface area contributed by atoms with Crippen LogP contribution in [0.2, 0.25) is 0 Å². The summed E-state index contributed by atoms with van der Waals surface area (Å²) in [6.07, 6.45) is 2.74. The highest BCUT2D eigenvalue weighted by Crippen LogP contribution is 2.15. The van der Waals surface area contributed by atoms with Crippen molar-refractivity contribution < 1.29 is 38.5 Å². The molecule has 17 heteroatoms. The molecular formula is C24H46O8S9. The fourth-order valence-corrected chi connectivity index (χ4v) is 10.9. The fourth-order valence-electron chi connectivity index (χ4n) is 2.44. The summed E-state index contributed by atoms with van der Waals surface area (Å²) in [5.74, 6) is 9.39. The monoisotopic (exact) mass is 750 g/mol. The van der Waals surface area contributed by atoms with Crippen LogP contribution in [-0.4, -0.2) is 131 Å². The quantitative estimate of drug-likeness (QED) is 0.0308. The van der Waals surface area contributed by atoms with E-state index < -0.39 is 10.8 Å². The van der Waals surface area contributed by atoms with Gasteiger partial charge in [0.15, 0.2) is 5.12 Å². The Bertz CT molecular complexity index is 624. The van der Waals surface area contributed by atoms with Crippen molar-refractivity contribution in [2.24, 2.45) is 0 Å². The maximum absolute atomic E-state index is 12.2. The summed E-state index contributed by atoms with van der Waals surface area (Å²) in [5.41, 5.74) is 0. The zero-order valence-electron chi connectivity index (χ0n) is 23.6. The van der Waals surface area contributed by atoms with Crippen LogP contribution >= 0.6 is 94.1 Å². The first-order chi connectivity index (χ1) is 20.1. The molecule has 8 nitrogen and oxygen atoms in total. The summed E-state index contributed by atoms with van der Waals surface area (Å²) < 4.78 is 17.3. The number of carbonyl (C=O) groups excluding carboxylic acids is 2. The number of aliphatic hydroxyl groups is 2. The van der Waals surface area contributed by atoms with Crippen molar-refractivity contribution in [2.45, 2.75) is 25.7 Å². The van der Waals surface area contributed by atoms with Gasteiger partial charge in [-0.1, -0.05) is 11.8 Å². The molecule has 0 aliphatic carbocycles. The summed E-state index contributed by atoms with van der Waals surface area (Å²) in [6, 6.07) is 0. The van der Waals surface area contributed by atoms with E-state index in [1.165, 1.54) is 23.5 Å². The van der Waals surface area contributed by atoms with Gasteiger partial charge in [-0.15, -0.1) is 47.0 Å². The van der Waals surface area contributed by atoms with E-state index in [1.54, 1.807) is 70.6 Å². The molecule has 0 saturated carbocycles. The SMILES string of the molecule is O=C(CCSCCCS(=O)CCSCCSC(=O)CCSCCCOOCSCSCCO)OCSCSCCO. The van der Waals surface area contributed by atoms with Crippen LogP contribution < -0.4 is 0 Å². The zero-order valence-corrected chi connectivity index (χ0v) is 30.9. The minimum Gasteiger partial charge on any atom is -0.455 e. The minimum atomic E-state index is -0.818. The largest absolute Gasteiger partial charge is 0.455 e. The molecule has 0 aromatic carbocycles. The van der Waals surface area contributed by atoms with E-state index in [9.17, 15) is 13.8 Å². The Morgan fingerprint density at radius 2 is 1.27 bits per heavy atom. The first kappa shape index (κ1) is 42.9. The Labute approximate surface area is 283 Å². The molecule has 0 heterocycles. The van der Waals surface area contributed by atoms with Crippen LogP contribution in [0.4, 0.5) is 0 Å². The second-order valence-electron chi connectivity index (χ2n) is 7.71. The number of thioether (sulfide) groups is 8. The molecule has 0 spiro atoms. The van der Waals surface area contributed by atoms with Crippen molar-refractivity contribution in [3.8, 4) is 0 Å². The second kappa shape index (κ2) is 36.4. The summed E-state index contributed by atoms with van der Waals surface area (Å²) in [6.45, 7) is 0.920. The number of rotatable bonds is 33. The van der Waals surface area contributed by atoms with Crippen molar-refractivity contribution in [1.82, 2.24) is 0 Å². The van der Waals surface area contributed by atoms with E-state index in [0.29, 0.717) is 48.6 Å². The number of carbonyl (C=O) groups is 2. The molecule has 0 aromatic heterocycles. The van der Waals surface area contributed by atoms with E-state index in [4.69, 9.17) is 24.7 Å². The molecule has 0 saturated heterocycles. The van der Waals surface area contributed by atoms with E-state index in [0.717, 1.165) is 69.0 Å². The highest BCUT2D eigenvalue weighted by atomic mass is 32.2. The van der Waals surface area contributed by atoms with Gasteiger partial charge in [-0.3, -0.25) is 13.8 Å². The lowest BCUT2D eigenvalue weighted by atomic mass is 10.5. The van der Waals surface area contributed by atoms with Crippen LogP contribution in [0.25, 0.3) is 0 Å². The van der Waals surface area contributed by atoms with E-state index in [1.807, 2.05) is 0 Å². The maximum atomic E-state index is 12.2. The first-order valence-corrected chi connectivity index (χ1v) is 23.8. The fraction of sp³-hybridized carbons (Fsp3) is 0.917. The van der Waals surface area contributed by atoms with Crippen LogP contribution in [0.1, 0.15) is 25.7 Å². The number of esters is 1. The molecule has 0 fully saturated rings. The molecule has 0 amide bonds.